The van der Waals surface area contributed by atoms with Crippen LogP contribution in [0.1, 0.15) is 0 Å². The molecule has 8 heteroatoms. The molecule has 0 amide bonds. The van der Waals surface area contributed by atoms with Crippen LogP contribution in [0.15, 0.2) is 0 Å². The number of carbonyl (C=O) groups is 1. The molecule has 0 aromatic heterocycles. The van der Waals surface area contributed by atoms with Crippen molar-refractivity contribution in [1.29, 1.82) is 0 Å². The Bertz CT molecular complexity index is 112. The number of hydrogen-bond donors (Lipinski definition) is 4. The molecule has 0 rings (SSSR count). The monoisotopic (exact) mass is 238 g/mol. The van der Waals surface area contributed by atoms with Crippen molar-refractivity contribution in [3.63, 3.8) is 0 Å². The minimum absolute atomic E-state index is 0.500. The van der Waals surface area contributed by atoms with Crippen LogP contribution in [0, 0.1) is 0 Å². The number of aliphatic hydroxyl groups is 2. The first-order valence-corrected chi connectivity index (χ1v) is 3.38. The third-order valence-corrected chi connectivity index (χ3v) is 0. The topological polar surface area (TPSA) is 110 Å². The van der Waals surface area contributed by atoms with E-state index < -0.39 is 10.3 Å². The Kier molecular flexibility index (Phi) is 25.0. The van der Waals surface area contributed by atoms with Crippen molar-refractivity contribution in [2.75, 3.05) is 0 Å². The molecule has 0 unspecified atom stereocenters. The summed E-state index contributed by atoms with van der Waals surface area (Å²) in [7, 11) is 0. The fourth-order valence-corrected chi connectivity index (χ4v) is 0. The van der Waals surface area contributed by atoms with E-state index in [0.29, 0.717) is 5.18 Å². The predicted octanol–water partition coefficient (Wildman–Crippen LogP) is -0.701. The molecule has 0 aromatic rings. The molecule has 0 atom stereocenters. The van der Waals surface area contributed by atoms with Crippen LogP contribution < -0.4 is 11.5 Å². The van der Waals surface area contributed by atoms with Crippen molar-refractivity contribution in [1.82, 2.24) is 0 Å². The van der Waals surface area contributed by atoms with Crippen molar-refractivity contribution >= 4 is 40.0 Å². The SMILES string of the molecule is NC(O)=S.NC(O)=S.O=[CH][Mn]. The van der Waals surface area contributed by atoms with E-state index in [2.05, 4.69) is 51.9 Å². The van der Waals surface area contributed by atoms with Gasteiger partial charge in [-0.15, -0.1) is 0 Å². The molecule has 0 heterocycles. The maximum atomic E-state index is 8.72. The average molecular weight is 238 g/mol. The summed E-state index contributed by atoms with van der Waals surface area (Å²) in [5, 5.41) is 14.7. The van der Waals surface area contributed by atoms with E-state index in [1.165, 1.54) is 0 Å². The zero-order valence-corrected chi connectivity index (χ0v) is 8.04. The molecule has 0 fully saturated rings. The van der Waals surface area contributed by atoms with Crippen molar-refractivity contribution < 1.29 is 31.0 Å². The molecule has 0 radical (unpaired) electrons. The second-order valence-corrected chi connectivity index (χ2v) is 1.88. The molecular weight excluding hydrogens is 231 g/mol. The van der Waals surface area contributed by atoms with Gasteiger partial charge in [0.2, 0.25) is 0 Å². The van der Waals surface area contributed by atoms with E-state index in [9.17, 15) is 0 Å². The van der Waals surface area contributed by atoms with Crippen LogP contribution in [0.4, 0.5) is 0 Å². The van der Waals surface area contributed by atoms with Crippen molar-refractivity contribution in [2.24, 2.45) is 11.5 Å². The molecule has 5 nitrogen and oxygen atoms in total. The van der Waals surface area contributed by atoms with Gasteiger partial charge in [-0.3, -0.25) is 0 Å². The normalized spacial score (nSPS) is 5.55. The van der Waals surface area contributed by atoms with E-state index in [0.717, 1.165) is 0 Å². The van der Waals surface area contributed by atoms with Crippen molar-refractivity contribution in [3.8, 4) is 0 Å². The van der Waals surface area contributed by atoms with Crippen LogP contribution in [0.2, 0.25) is 0 Å². The van der Waals surface area contributed by atoms with Gasteiger partial charge in [-0.05, 0) is 24.4 Å². The summed E-state index contributed by atoms with van der Waals surface area (Å²) in [4.78, 5) is 8.72. The fourth-order valence-electron chi connectivity index (χ4n) is 0. The Balaban J connectivity index is -0.0000000886. The zero-order chi connectivity index (χ0) is 9.86. The van der Waals surface area contributed by atoms with Gasteiger partial charge in [0, 0.05) is 0 Å². The molecule has 0 aromatic carbocycles. The minimum atomic E-state index is -0.500. The first kappa shape index (κ1) is 16.9. The molecule has 6 N–H and O–H groups in total. The average Bonchev–Trinajstić information content (AvgIpc) is 1.60. The van der Waals surface area contributed by atoms with Gasteiger partial charge in [-0.1, -0.05) is 0 Å². The second kappa shape index (κ2) is 16.3. The van der Waals surface area contributed by atoms with Crippen LogP contribution in [-0.4, -0.2) is 25.7 Å². The van der Waals surface area contributed by atoms with Gasteiger partial charge in [0.15, 0.2) is 0 Å². The molecule has 0 saturated heterocycles. The molecule has 0 aliphatic heterocycles. The van der Waals surface area contributed by atoms with Gasteiger partial charge in [0.05, 0.1) is 0 Å². The van der Waals surface area contributed by atoms with Crippen LogP contribution in [0.5, 0.6) is 0 Å². The van der Waals surface area contributed by atoms with Gasteiger partial charge in [0.25, 0.3) is 10.3 Å². The molecule has 0 bridgehead atoms. The Morgan fingerprint density at radius 2 is 1.27 bits per heavy atom. The van der Waals surface area contributed by atoms with Gasteiger partial charge in [-0.25, -0.2) is 0 Å². The summed E-state index contributed by atoms with van der Waals surface area (Å²) in [5.74, 6) is 0. The summed E-state index contributed by atoms with van der Waals surface area (Å²) in [6.07, 6.45) is 0. The number of hydrogen-bond acceptors (Lipinski definition) is 3. The van der Waals surface area contributed by atoms with E-state index in [-0.39, 0.29) is 0 Å². The van der Waals surface area contributed by atoms with E-state index in [1.54, 1.807) is 0 Å². The predicted molar refractivity (Wildman–Crippen MR) is 45.6 cm³/mol. The Hall–Kier alpha value is -0.431. The third kappa shape index (κ3) is 2960. The van der Waals surface area contributed by atoms with Gasteiger partial charge in [-0.2, -0.15) is 0 Å². The van der Waals surface area contributed by atoms with Crippen LogP contribution in [0.3, 0.4) is 0 Å². The van der Waals surface area contributed by atoms with Gasteiger partial charge < -0.3 is 21.7 Å². The van der Waals surface area contributed by atoms with Gasteiger partial charge >= 0.3 is 26.0 Å². The van der Waals surface area contributed by atoms with E-state index in [1.807, 2.05) is 0 Å². The molecule has 0 spiro atoms. The Morgan fingerprint density at radius 3 is 1.27 bits per heavy atom. The van der Waals surface area contributed by atoms with Crippen LogP contribution in [-0.2, 0) is 20.8 Å². The fraction of sp³-hybridized carbons (Fsp3) is 0. The first-order chi connectivity index (χ1) is 4.88. The number of carbonyl (C=O) groups excluding carboxylic acids is 1. The molecule has 0 aliphatic rings. The quantitative estimate of drug-likeness (QED) is 0.251. The van der Waals surface area contributed by atoms with E-state index in [4.69, 9.17) is 15.0 Å². The van der Waals surface area contributed by atoms with Crippen molar-refractivity contribution in [3.05, 3.63) is 0 Å². The summed E-state index contributed by atoms with van der Waals surface area (Å²) < 4.78 is 0. The summed E-state index contributed by atoms with van der Waals surface area (Å²) in [6.45, 7) is 0. The standard InChI is InChI=1S/2CH3NOS.CHO.Mn/c2*2-1(3)4;1-2;/h2*(H3,2,3,4);1H;. The third-order valence-electron chi connectivity index (χ3n) is 0. The summed E-state index contributed by atoms with van der Waals surface area (Å²) in [6, 6.07) is 0. The summed E-state index contributed by atoms with van der Waals surface area (Å²) >= 11 is 10.2. The Labute approximate surface area is 82.6 Å². The Morgan fingerprint density at radius 1 is 1.27 bits per heavy atom. The number of aliphatic hydroxyl groups excluding tert-OH is 2. The second-order valence-electron chi connectivity index (χ2n) is 0.766. The van der Waals surface area contributed by atoms with E-state index >= 15 is 0 Å². The summed E-state index contributed by atoms with van der Waals surface area (Å²) in [5.41, 5.74) is 8.80. The number of nitrogens with two attached hydrogens (primary N) is 2. The van der Waals surface area contributed by atoms with Crippen LogP contribution >= 0.6 is 24.4 Å². The molecule has 11 heavy (non-hydrogen) atoms. The molecule has 0 aliphatic carbocycles. The molecular formula is C3H7MnN2O3S2. The molecule has 0 saturated carbocycles. The number of thiocarbonyl (C=S) groups is 2. The van der Waals surface area contributed by atoms with Crippen LogP contribution in [0.25, 0.3) is 0 Å². The number of rotatable bonds is 0. The van der Waals surface area contributed by atoms with Gasteiger partial charge in [0.1, 0.15) is 0 Å². The first-order valence-electron chi connectivity index (χ1n) is 1.89. The molecule has 66 valence electrons. The zero-order valence-electron chi connectivity index (χ0n) is 5.23. The van der Waals surface area contributed by atoms with Crippen molar-refractivity contribution in [2.45, 2.75) is 0 Å². The maximum absolute atomic E-state index is 8.72.